The van der Waals surface area contributed by atoms with E-state index >= 15 is 0 Å². The lowest BCUT2D eigenvalue weighted by Crippen LogP contribution is -2.41. The van der Waals surface area contributed by atoms with E-state index in [1.807, 2.05) is 4.90 Å². The highest BCUT2D eigenvalue weighted by molar-refractivity contribution is 6.33. The Morgan fingerprint density at radius 3 is 2.67 bits per heavy atom. The van der Waals surface area contributed by atoms with Crippen molar-refractivity contribution in [2.24, 2.45) is 5.41 Å². The largest absolute Gasteiger partial charge is 0.384 e. The van der Waals surface area contributed by atoms with Crippen LogP contribution in [0, 0.1) is 5.41 Å². The van der Waals surface area contributed by atoms with Gasteiger partial charge in [0.2, 0.25) is 0 Å². The standard InChI is InChI=1S/C13H18ClN3O/c1-13(2)3-5-17(6-4-13)12(18)9-7-11(15)16-8-10(9)14/h7-8H,3-6H2,1-2H3,(H2,15,16). The summed E-state index contributed by atoms with van der Waals surface area (Å²) in [6, 6.07) is 1.55. The van der Waals surface area contributed by atoms with Crippen LogP contribution in [0.2, 0.25) is 5.02 Å². The quantitative estimate of drug-likeness (QED) is 0.851. The Labute approximate surface area is 112 Å². The third-order valence-electron chi connectivity index (χ3n) is 3.51. The lowest BCUT2D eigenvalue weighted by Gasteiger charge is -2.37. The predicted molar refractivity (Wildman–Crippen MR) is 72.6 cm³/mol. The van der Waals surface area contributed by atoms with Crippen molar-refractivity contribution in [1.82, 2.24) is 9.88 Å². The summed E-state index contributed by atoms with van der Waals surface area (Å²) in [4.78, 5) is 18.0. The Balaban J connectivity index is 2.15. The van der Waals surface area contributed by atoms with Gasteiger partial charge in [-0.05, 0) is 24.3 Å². The molecule has 1 aromatic heterocycles. The third kappa shape index (κ3) is 2.75. The van der Waals surface area contributed by atoms with Crippen LogP contribution in [0.4, 0.5) is 5.82 Å². The molecule has 1 aromatic rings. The molecule has 0 radical (unpaired) electrons. The van der Waals surface area contributed by atoms with E-state index in [0.29, 0.717) is 21.8 Å². The molecule has 0 spiro atoms. The number of rotatable bonds is 1. The lowest BCUT2D eigenvalue weighted by atomic mass is 9.82. The number of aromatic nitrogens is 1. The zero-order valence-corrected chi connectivity index (χ0v) is 11.5. The van der Waals surface area contributed by atoms with Gasteiger partial charge in [0.25, 0.3) is 5.91 Å². The second-order valence-electron chi connectivity index (χ2n) is 5.55. The van der Waals surface area contributed by atoms with Crippen LogP contribution in [-0.2, 0) is 0 Å². The second kappa shape index (κ2) is 4.76. The maximum absolute atomic E-state index is 12.3. The molecule has 0 bridgehead atoms. The van der Waals surface area contributed by atoms with Crippen LogP contribution in [0.15, 0.2) is 12.3 Å². The van der Waals surface area contributed by atoms with Crippen molar-refractivity contribution >= 4 is 23.3 Å². The zero-order valence-electron chi connectivity index (χ0n) is 10.7. The smallest absolute Gasteiger partial charge is 0.255 e. The lowest BCUT2D eigenvalue weighted by molar-refractivity contribution is 0.0630. The minimum Gasteiger partial charge on any atom is -0.384 e. The highest BCUT2D eigenvalue weighted by Gasteiger charge is 2.29. The Bertz CT molecular complexity index is 463. The predicted octanol–water partition coefficient (Wildman–Crippen LogP) is 2.58. The van der Waals surface area contributed by atoms with Gasteiger partial charge in [-0.15, -0.1) is 0 Å². The van der Waals surface area contributed by atoms with E-state index in [1.54, 1.807) is 6.07 Å². The molecule has 0 aromatic carbocycles. The van der Waals surface area contributed by atoms with Crippen molar-refractivity contribution < 1.29 is 4.79 Å². The molecular weight excluding hydrogens is 250 g/mol. The van der Waals surface area contributed by atoms with Crippen molar-refractivity contribution in [2.75, 3.05) is 18.8 Å². The summed E-state index contributed by atoms with van der Waals surface area (Å²) in [6.45, 7) is 5.99. The van der Waals surface area contributed by atoms with Crippen molar-refractivity contribution in [3.05, 3.63) is 22.8 Å². The van der Waals surface area contributed by atoms with E-state index in [4.69, 9.17) is 17.3 Å². The monoisotopic (exact) mass is 267 g/mol. The summed E-state index contributed by atoms with van der Waals surface area (Å²) < 4.78 is 0. The maximum atomic E-state index is 12.3. The van der Waals surface area contributed by atoms with Crippen LogP contribution in [0.25, 0.3) is 0 Å². The minimum atomic E-state index is -0.0513. The average molecular weight is 268 g/mol. The molecule has 1 amide bonds. The van der Waals surface area contributed by atoms with Crippen LogP contribution in [0.3, 0.4) is 0 Å². The molecule has 18 heavy (non-hydrogen) atoms. The van der Waals surface area contributed by atoms with Crippen LogP contribution in [-0.4, -0.2) is 28.9 Å². The molecule has 98 valence electrons. The zero-order chi connectivity index (χ0) is 13.3. The Morgan fingerprint density at radius 2 is 2.06 bits per heavy atom. The van der Waals surface area contributed by atoms with Gasteiger partial charge in [-0.3, -0.25) is 4.79 Å². The number of anilines is 1. The molecule has 2 N–H and O–H groups in total. The first kappa shape index (κ1) is 13.1. The third-order valence-corrected chi connectivity index (χ3v) is 3.81. The number of likely N-dealkylation sites (tertiary alicyclic amines) is 1. The number of halogens is 1. The van der Waals surface area contributed by atoms with Crippen LogP contribution >= 0.6 is 11.6 Å². The van der Waals surface area contributed by atoms with Crippen LogP contribution < -0.4 is 5.73 Å². The number of piperidine rings is 1. The van der Waals surface area contributed by atoms with Gasteiger partial charge in [0.05, 0.1) is 10.6 Å². The van der Waals surface area contributed by atoms with Crippen molar-refractivity contribution in [3.63, 3.8) is 0 Å². The van der Waals surface area contributed by atoms with Gasteiger partial charge < -0.3 is 10.6 Å². The molecule has 1 saturated heterocycles. The SMILES string of the molecule is CC1(C)CCN(C(=O)c2cc(N)ncc2Cl)CC1. The Hall–Kier alpha value is -1.29. The van der Waals surface area contributed by atoms with Crippen molar-refractivity contribution in [1.29, 1.82) is 0 Å². The summed E-state index contributed by atoms with van der Waals surface area (Å²) in [5.41, 5.74) is 6.36. The first-order chi connectivity index (χ1) is 8.39. The number of carbonyl (C=O) groups is 1. The van der Waals surface area contributed by atoms with Gasteiger partial charge in [0.1, 0.15) is 5.82 Å². The van der Waals surface area contributed by atoms with E-state index in [-0.39, 0.29) is 5.91 Å². The highest BCUT2D eigenvalue weighted by Crippen LogP contribution is 2.31. The minimum absolute atomic E-state index is 0.0513. The molecule has 2 heterocycles. The molecule has 2 rings (SSSR count). The van der Waals surface area contributed by atoms with E-state index in [0.717, 1.165) is 25.9 Å². The van der Waals surface area contributed by atoms with Gasteiger partial charge >= 0.3 is 0 Å². The first-order valence-electron chi connectivity index (χ1n) is 6.09. The summed E-state index contributed by atoms with van der Waals surface area (Å²) in [7, 11) is 0. The van der Waals surface area contributed by atoms with E-state index in [1.165, 1.54) is 6.20 Å². The first-order valence-corrected chi connectivity index (χ1v) is 6.47. The van der Waals surface area contributed by atoms with E-state index in [9.17, 15) is 4.79 Å². The molecule has 1 aliphatic rings. The Morgan fingerprint density at radius 1 is 1.44 bits per heavy atom. The van der Waals surface area contributed by atoms with Crippen LogP contribution in [0.1, 0.15) is 37.0 Å². The fourth-order valence-electron chi connectivity index (χ4n) is 2.10. The summed E-state index contributed by atoms with van der Waals surface area (Å²) in [6.07, 6.45) is 3.45. The Kier molecular flexibility index (Phi) is 3.48. The summed E-state index contributed by atoms with van der Waals surface area (Å²) >= 11 is 6.00. The number of nitrogen functional groups attached to an aromatic ring is 1. The normalized spacial score (nSPS) is 18.7. The molecular formula is C13H18ClN3O. The molecule has 1 aliphatic heterocycles. The molecule has 0 atom stereocenters. The fourth-order valence-corrected chi connectivity index (χ4v) is 2.29. The number of carbonyl (C=O) groups excluding carboxylic acids is 1. The molecule has 0 unspecified atom stereocenters. The fraction of sp³-hybridized carbons (Fsp3) is 0.538. The van der Waals surface area contributed by atoms with Crippen LogP contribution in [0.5, 0.6) is 0 Å². The number of nitrogens with two attached hydrogens (primary N) is 1. The maximum Gasteiger partial charge on any atom is 0.255 e. The summed E-state index contributed by atoms with van der Waals surface area (Å²) in [5, 5.41) is 0.360. The van der Waals surface area contributed by atoms with Crippen molar-refractivity contribution in [2.45, 2.75) is 26.7 Å². The van der Waals surface area contributed by atoms with Gasteiger partial charge in [0.15, 0.2) is 0 Å². The van der Waals surface area contributed by atoms with E-state index < -0.39 is 0 Å². The number of nitrogens with zero attached hydrogens (tertiary/aromatic N) is 2. The molecule has 4 nitrogen and oxygen atoms in total. The molecule has 0 saturated carbocycles. The number of pyridine rings is 1. The van der Waals surface area contributed by atoms with Crippen molar-refractivity contribution in [3.8, 4) is 0 Å². The van der Waals surface area contributed by atoms with Gasteiger partial charge in [-0.25, -0.2) is 4.98 Å². The van der Waals surface area contributed by atoms with Gasteiger partial charge in [-0.2, -0.15) is 0 Å². The van der Waals surface area contributed by atoms with Gasteiger partial charge in [-0.1, -0.05) is 25.4 Å². The second-order valence-corrected chi connectivity index (χ2v) is 5.95. The number of amides is 1. The average Bonchev–Trinajstić information content (AvgIpc) is 2.31. The topological polar surface area (TPSA) is 59.2 Å². The molecule has 5 heteroatoms. The molecule has 0 aliphatic carbocycles. The number of hydrogen-bond acceptors (Lipinski definition) is 3. The summed E-state index contributed by atoms with van der Waals surface area (Å²) in [5.74, 6) is 0.268. The van der Waals surface area contributed by atoms with E-state index in [2.05, 4.69) is 18.8 Å². The highest BCUT2D eigenvalue weighted by atomic mass is 35.5. The number of hydrogen-bond donors (Lipinski definition) is 1. The molecule has 1 fully saturated rings. The van der Waals surface area contributed by atoms with Gasteiger partial charge in [0, 0.05) is 19.3 Å².